The molecule has 4 unspecified atom stereocenters. The molecule has 178 valence electrons. The van der Waals surface area contributed by atoms with Gasteiger partial charge in [-0.2, -0.15) is 0 Å². The first kappa shape index (κ1) is 24.4. The van der Waals surface area contributed by atoms with Crippen LogP contribution in [0.15, 0.2) is 60.7 Å². The van der Waals surface area contributed by atoms with Gasteiger partial charge in [-0.1, -0.05) is 55.7 Å². The molecule has 3 fully saturated rings. The van der Waals surface area contributed by atoms with Gasteiger partial charge in [0.05, 0.1) is 0 Å². The van der Waals surface area contributed by atoms with Crippen LogP contribution >= 0.6 is 19.1 Å². The molecule has 0 spiro atoms. The third-order valence-electron chi connectivity index (χ3n) is 8.56. The van der Waals surface area contributed by atoms with E-state index in [2.05, 4.69) is 84.6 Å². The molecule has 5 rings (SSSR count). The van der Waals surface area contributed by atoms with E-state index in [0.29, 0.717) is 12.1 Å². The van der Waals surface area contributed by atoms with Gasteiger partial charge in [0.25, 0.3) is 0 Å². The zero-order chi connectivity index (χ0) is 22.5. The number of hydrogen-bond acceptors (Lipinski definition) is 2. The maximum atomic E-state index is 4.81. The quantitative estimate of drug-likeness (QED) is 0.352. The van der Waals surface area contributed by atoms with Crippen molar-refractivity contribution in [1.82, 2.24) is 0 Å². The number of rotatable bonds is 4. The molecule has 0 aromatic heterocycles. The SMILES string of the molecule is CN(c1ccccc1)C1CCC2CCCC3CCC(N(C)c4ccccc4)C1C23.[Cl][Pd][Cl]. The van der Waals surface area contributed by atoms with Gasteiger partial charge < -0.3 is 9.80 Å². The van der Waals surface area contributed by atoms with Gasteiger partial charge in [-0.3, -0.25) is 0 Å². The summed E-state index contributed by atoms with van der Waals surface area (Å²) in [6, 6.07) is 23.5. The van der Waals surface area contributed by atoms with Gasteiger partial charge in [0.1, 0.15) is 0 Å². The Bertz CT molecular complexity index is 755. The maximum absolute atomic E-state index is 4.81. The molecule has 5 heteroatoms. The van der Waals surface area contributed by atoms with Crippen LogP contribution in [0.25, 0.3) is 0 Å². The van der Waals surface area contributed by atoms with E-state index in [9.17, 15) is 0 Å². The van der Waals surface area contributed by atoms with Crippen LogP contribution in [0.2, 0.25) is 0 Å². The minimum atomic E-state index is -0.106. The second-order valence-corrected chi connectivity index (χ2v) is 12.2. The first-order valence-electron chi connectivity index (χ1n) is 12.0. The van der Waals surface area contributed by atoms with Gasteiger partial charge in [-0.15, -0.1) is 0 Å². The predicted octanol–water partition coefficient (Wildman–Crippen LogP) is 7.61. The fourth-order valence-corrected chi connectivity index (χ4v) is 7.25. The Balaban J connectivity index is 0.000000775. The molecular formula is C27H36Cl2N2Pd. The molecule has 2 aromatic carbocycles. The normalized spacial score (nSPS) is 31.1. The number of benzene rings is 2. The molecule has 0 radical (unpaired) electrons. The van der Waals surface area contributed by atoms with Crippen molar-refractivity contribution in [3.8, 4) is 0 Å². The summed E-state index contributed by atoms with van der Waals surface area (Å²) in [5.74, 6) is 3.61. The molecule has 3 aliphatic carbocycles. The fraction of sp³-hybridized carbons (Fsp3) is 0.556. The van der Waals surface area contributed by atoms with Crippen molar-refractivity contribution in [2.45, 2.75) is 57.0 Å². The van der Waals surface area contributed by atoms with Crippen molar-refractivity contribution >= 4 is 30.4 Å². The van der Waals surface area contributed by atoms with Crippen LogP contribution < -0.4 is 9.80 Å². The molecule has 0 saturated heterocycles. The van der Waals surface area contributed by atoms with Crippen LogP contribution in [0.3, 0.4) is 0 Å². The average Bonchev–Trinajstić information content (AvgIpc) is 2.85. The Morgan fingerprint density at radius 3 is 1.44 bits per heavy atom. The summed E-state index contributed by atoms with van der Waals surface area (Å²) < 4.78 is 0. The number of para-hydroxylation sites is 2. The molecule has 0 aliphatic heterocycles. The Morgan fingerprint density at radius 1 is 0.625 bits per heavy atom. The Hall–Kier alpha value is -0.718. The van der Waals surface area contributed by atoms with Crippen molar-refractivity contribution < 1.29 is 15.9 Å². The summed E-state index contributed by atoms with van der Waals surface area (Å²) >= 11 is -0.106. The monoisotopic (exact) mass is 564 g/mol. The van der Waals surface area contributed by atoms with Crippen molar-refractivity contribution in [2.24, 2.45) is 23.7 Å². The van der Waals surface area contributed by atoms with Crippen molar-refractivity contribution in [3.63, 3.8) is 0 Å². The first-order valence-corrected chi connectivity index (χ1v) is 16.0. The number of hydrogen-bond donors (Lipinski definition) is 0. The van der Waals surface area contributed by atoms with Gasteiger partial charge in [0, 0.05) is 43.5 Å². The van der Waals surface area contributed by atoms with Crippen molar-refractivity contribution in [1.29, 1.82) is 0 Å². The zero-order valence-corrected chi connectivity index (χ0v) is 22.2. The van der Waals surface area contributed by atoms with Crippen LogP contribution in [0.1, 0.15) is 44.9 Å². The van der Waals surface area contributed by atoms with E-state index in [4.69, 9.17) is 19.1 Å². The zero-order valence-electron chi connectivity index (χ0n) is 19.2. The second-order valence-electron chi connectivity index (χ2n) is 9.83. The summed E-state index contributed by atoms with van der Waals surface area (Å²) in [7, 11) is 14.3. The number of nitrogens with zero attached hydrogens (tertiary/aromatic N) is 2. The number of halogens is 2. The average molecular weight is 566 g/mol. The minimum absolute atomic E-state index is 0.106. The van der Waals surface area contributed by atoms with E-state index in [1.54, 1.807) is 0 Å². The van der Waals surface area contributed by atoms with E-state index in [1.807, 2.05) is 0 Å². The summed E-state index contributed by atoms with van der Waals surface area (Å²) in [6.45, 7) is 0. The van der Waals surface area contributed by atoms with Crippen LogP contribution in [0.4, 0.5) is 11.4 Å². The molecule has 2 nitrogen and oxygen atoms in total. The van der Waals surface area contributed by atoms with E-state index in [-0.39, 0.29) is 15.9 Å². The van der Waals surface area contributed by atoms with Crippen LogP contribution in [-0.2, 0) is 15.9 Å². The second kappa shape index (κ2) is 11.6. The van der Waals surface area contributed by atoms with Gasteiger partial charge in [0.2, 0.25) is 0 Å². The summed E-state index contributed by atoms with van der Waals surface area (Å²) in [4.78, 5) is 5.26. The summed E-state index contributed by atoms with van der Waals surface area (Å²) in [5.41, 5.74) is 2.77. The third kappa shape index (κ3) is 5.17. The molecule has 0 bridgehead atoms. The van der Waals surface area contributed by atoms with Gasteiger partial charge in [-0.05, 0) is 67.7 Å². The summed E-state index contributed by atoms with van der Waals surface area (Å²) in [5, 5.41) is 0. The Labute approximate surface area is 210 Å². The van der Waals surface area contributed by atoms with Gasteiger partial charge in [-0.25, -0.2) is 0 Å². The molecule has 2 aromatic rings. The molecular weight excluding hydrogens is 530 g/mol. The molecule has 0 heterocycles. The summed E-state index contributed by atoms with van der Waals surface area (Å²) in [6.07, 6.45) is 9.98. The molecule has 3 aliphatic rings. The van der Waals surface area contributed by atoms with Crippen molar-refractivity contribution in [3.05, 3.63) is 60.7 Å². The topological polar surface area (TPSA) is 6.48 Å². The molecule has 3 saturated carbocycles. The Kier molecular flexibility index (Phi) is 8.86. The Morgan fingerprint density at radius 2 is 1.03 bits per heavy atom. The number of anilines is 2. The fourth-order valence-electron chi connectivity index (χ4n) is 7.25. The molecule has 32 heavy (non-hydrogen) atoms. The van der Waals surface area contributed by atoms with Crippen LogP contribution in [0.5, 0.6) is 0 Å². The predicted molar refractivity (Wildman–Crippen MR) is 135 cm³/mol. The van der Waals surface area contributed by atoms with E-state index in [1.165, 1.54) is 56.3 Å². The first-order chi connectivity index (χ1) is 15.7. The molecule has 4 atom stereocenters. The van der Waals surface area contributed by atoms with E-state index >= 15 is 0 Å². The molecule has 0 N–H and O–H groups in total. The third-order valence-corrected chi connectivity index (χ3v) is 8.56. The standard InChI is InChI=1S/C27H36N2.2ClH.Pd/c1-28(22-12-5-3-6-13-22)24-18-16-20-10-9-11-21-17-19-25(27(24)26(20)21)29(2)23-14-7-4-8-15-23;;;/h3-8,12-15,20-21,24-27H,9-11,16-19H2,1-2H3;2*1H;/q;;;+2/p-2. The van der Waals surface area contributed by atoms with Crippen LogP contribution in [-0.4, -0.2) is 26.2 Å². The van der Waals surface area contributed by atoms with Crippen molar-refractivity contribution in [2.75, 3.05) is 23.9 Å². The van der Waals surface area contributed by atoms with Gasteiger partial charge >= 0.3 is 35.0 Å². The van der Waals surface area contributed by atoms with E-state index < -0.39 is 0 Å². The van der Waals surface area contributed by atoms with Gasteiger partial charge in [0.15, 0.2) is 0 Å². The molecule has 0 amide bonds. The van der Waals surface area contributed by atoms with Crippen LogP contribution in [0, 0.1) is 23.7 Å². The van der Waals surface area contributed by atoms with E-state index in [0.717, 1.165) is 23.7 Å².